The van der Waals surface area contributed by atoms with Crippen molar-refractivity contribution < 1.29 is 4.74 Å². The third kappa shape index (κ3) is 5.61. The third-order valence-electron chi connectivity index (χ3n) is 2.48. The summed E-state index contributed by atoms with van der Waals surface area (Å²) in [5.74, 6) is 0. The fourth-order valence-electron chi connectivity index (χ4n) is 1.71. The molecule has 1 atom stereocenters. The van der Waals surface area contributed by atoms with Crippen molar-refractivity contribution in [1.82, 2.24) is 4.90 Å². The highest BCUT2D eigenvalue weighted by Gasteiger charge is 2.07. The second-order valence-corrected chi connectivity index (χ2v) is 5.20. The van der Waals surface area contributed by atoms with E-state index in [0.29, 0.717) is 0 Å². The number of nitrogens with two attached hydrogens (primary N) is 1. The van der Waals surface area contributed by atoms with Crippen LogP contribution in [0.1, 0.15) is 17.7 Å². The van der Waals surface area contributed by atoms with Gasteiger partial charge in [0.2, 0.25) is 0 Å². The monoisotopic (exact) mass is 242 g/mol. The molecule has 1 aromatic rings. The van der Waals surface area contributed by atoms with Crippen LogP contribution in [0.5, 0.6) is 0 Å². The van der Waals surface area contributed by atoms with Crippen LogP contribution in [0.15, 0.2) is 17.5 Å². The number of hydrogen-bond acceptors (Lipinski definition) is 4. The van der Waals surface area contributed by atoms with Crippen LogP contribution >= 0.6 is 11.3 Å². The summed E-state index contributed by atoms with van der Waals surface area (Å²) in [5.41, 5.74) is 6.05. The van der Waals surface area contributed by atoms with Crippen molar-refractivity contribution in [1.29, 1.82) is 0 Å². The smallest absolute Gasteiger partial charge is 0.0462 e. The van der Waals surface area contributed by atoms with Crippen molar-refractivity contribution >= 4 is 11.3 Å². The van der Waals surface area contributed by atoms with Crippen LogP contribution in [0.4, 0.5) is 0 Å². The van der Waals surface area contributed by atoms with Crippen LogP contribution in [0.3, 0.4) is 0 Å². The Morgan fingerprint density at radius 3 is 3.00 bits per heavy atom. The van der Waals surface area contributed by atoms with E-state index in [1.54, 1.807) is 18.4 Å². The number of rotatable bonds is 8. The van der Waals surface area contributed by atoms with Gasteiger partial charge < -0.3 is 10.5 Å². The van der Waals surface area contributed by atoms with E-state index in [2.05, 4.69) is 29.5 Å². The van der Waals surface area contributed by atoms with Crippen LogP contribution in [-0.4, -0.2) is 38.3 Å². The Morgan fingerprint density at radius 1 is 1.56 bits per heavy atom. The Hall–Kier alpha value is -0.420. The van der Waals surface area contributed by atoms with E-state index < -0.39 is 0 Å². The first-order valence-corrected chi connectivity index (χ1v) is 6.55. The zero-order chi connectivity index (χ0) is 11.8. The standard InChI is InChI=1S/C12H22N2OS/c1-14(10-12-6-4-8-16-12)9-11(13)5-3-7-15-2/h4,6,8,11H,3,5,7,9-10,13H2,1-2H3. The van der Waals surface area contributed by atoms with Crippen molar-refractivity contribution in [2.75, 3.05) is 27.3 Å². The minimum Gasteiger partial charge on any atom is -0.385 e. The molecule has 0 fully saturated rings. The summed E-state index contributed by atoms with van der Waals surface area (Å²) in [6, 6.07) is 4.50. The highest BCUT2D eigenvalue weighted by atomic mass is 32.1. The van der Waals surface area contributed by atoms with E-state index in [1.165, 1.54) is 4.88 Å². The molecule has 92 valence electrons. The van der Waals surface area contributed by atoms with Crippen molar-refractivity contribution in [2.24, 2.45) is 5.73 Å². The van der Waals surface area contributed by atoms with Gasteiger partial charge in [0.15, 0.2) is 0 Å². The summed E-state index contributed by atoms with van der Waals surface area (Å²) in [6.45, 7) is 2.75. The number of hydrogen-bond donors (Lipinski definition) is 1. The van der Waals surface area contributed by atoms with E-state index in [9.17, 15) is 0 Å². The largest absolute Gasteiger partial charge is 0.385 e. The van der Waals surface area contributed by atoms with Gasteiger partial charge in [0.05, 0.1) is 0 Å². The first-order chi connectivity index (χ1) is 7.72. The van der Waals surface area contributed by atoms with Crippen LogP contribution in [0.25, 0.3) is 0 Å². The Morgan fingerprint density at radius 2 is 2.38 bits per heavy atom. The molecule has 0 aliphatic heterocycles. The molecule has 0 radical (unpaired) electrons. The molecule has 0 spiro atoms. The Labute approximate surface area is 102 Å². The van der Waals surface area contributed by atoms with Crippen molar-refractivity contribution in [3.63, 3.8) is 0 Å². The van der Waals surface area contributed by atoms with Gasteiger partial charge in [-0.1, -0.05) is 6.07 Å². The Bertz CT molecular complexity index is 264. The maximum absolute atomic E-state index is 6.05. The minimum atomic E-state index is 0.250. The SMILES string of the molecule is COCCCC(N)CN(C)Cc1cccs1. The molecule has 2 N–H and O–H groups in total. The van der Waals surface area contributed by atoms with Gasteiger partial charge in [-0.05, 0) is 31.3 Å². The van der Waals surface area contributed by atoms with Gasteiger partial charge in [0.1, 0.15) is 0 Å². The molecular formula is C12H22N2OS. The quantitative estimate of drug-likeness (QED) is 0.708. The second-order valence-electron chi connectivity index (χ2n) is 4.17. The molecule has 16 heavy (non-hydrogen) atoms. The number of likely N-dealkylation sites (N-methyl/N-ethyl adjacent to an activating group) is 1. The molecule has 4 heteroatoms. The van der Waals surface area contributed by atoms with Crippen LogP contribution in [0.2, 0.25) is 0 Å². The molecule has 1 heterocycles. The van der Waals surface area contributed by atoms with E-state index in [-0.39, 0.29) is 6.04 Å². The molecule has 0 saturated heterocycles. The number of methoxy groups -OCH3 is 1. The lowest BCUT2D eigenvalue weighted by Gasteiger charge is -2.20. The molecular weight excluding hydrogens is 220 g/mol. The maximum Gasteiger partial charge on any atom is 0.0462 e. The van der Waals surface area contributed by atoms with Gasteiger partial charge in [-0.25, -0.2) is 0 Å². The molecule has 1 unspecified atom stereocenters. The maximum atomic E-state index is 6.05. The summed E-state index contributed by atoms with van der Waals surface area (Å²) in [7, 11) is 3.85. The number of nitrogens with zero attached hydrogens (tertiary/aromatic N) is 1. The van der Waals surface area contributed by atoms with E-state index in [4.69, 9.17) is 10.5 Å². The van der Waals surface area contributed by atoms with Gasteiger partial charge in [0.25, 0.3) is 0 Å². The van der Waals surface area contributed by atoms with Crippen LogP contribution in [0, 0.1) is 0 Å². The zero-order valence-corrected chi connectivity index (χ0v) is 11.0. The summed E-state index contributed by atoms with van der Waals surface area (Å²) in [4.78, 5) is 3.68. The molecule has 0 saturated carbocycles. The van der Waals surface area contributed by atoms with Crippen molar-refractivity contribution in [2.45, 2.75) is 25.4 Å². The van der Waals surface area contributed by atoms with E-state index in [0.717, 1.165) is 32.5 Å². The highest BCUT2D eigenvalue weighted by Crippen LogP contribution is 2.11. The number of ether oxygens (including phenoxy) is 1. The normalized spacial score (nSPS) is 13.2. The highest BCUT2D eigenvalue weighted by molar-refractivity contribution is 7.09. The zero-order valence-electron chi connectivity index (χ0n) is 10.2. The number of thiophene rings is 1. The lowest BCUT2D eigenvalue weighted by Crippen LogP contribution is -2.34. The average Bonchev–Trinajstić information content (AvgIpc) is 2.70. The molecule has 3 nitrogen and oxygen atoms in total. The molecule has 0 aromatic carbocycles. The first-order valence-electron chi connectivity index (χ1n) is 5.68. The van der Waals surface area contributed by atoms with Crippen LogP contribution < -0.4 is 5.73 Å². The molecule has 0 aliphatic rings. The summed E-state index contributed by atoms with van der Waals surface area (Å²) in [6.07, 6.45) is 2.08. The molecule has 0 bridgehead atoms. The molecule has 0 amide bonds. The van der Waals surface area contributed by atoms with Crippen molar-refractivity contribution in [3.8, 4) is 0 Å². The minimum absolute atomic E-state index is 0.250. The predicted molar refractivity (Wildman–Crippen MR) is 69.7 cm³/mol. The van der Waals surface area contributed by atoms with Gasteiger partial charge in [-0.15, -0.1) is 11.3 Å². The van der Waals surface area contributed by atoms with Gasteiger partial charge >= 0.3 is 0 Å². The fraction of sp³-hybridized carbons (Fsp3) is 0.667. The van der Waals surface area contributed by atoms with E-state index in [1.807, 2.05) is 0 Å². The molecule has 1 aromatic heterocycles. The summed E-state index contributed by atoms with van der Waals surface area (Å²) >= 11 is 1.80. The summed E-state index contributed by atoms with van der Waals surface area (Å²) < 4.78 is 5.01. The van der Waals surface area contributed by atoms with Gasteiger partial charge in [0, 0.05) is 37.7 Å². The summed E-state index contributed by atoms with van der Waals surface area (Å²) in [5, 5.41) is 2.11. The Kier molecular flexibility index (Phi) is 6.64. The second kappa shape index (κ2) is 7.79. The van der Waals surface area contributed by atoms with Crippen molar-refractivity contribution in [3.05, 3.63) is 22.4 Å². The average molecular weight is 242 g/mol. The lowest BCUT2D eigenvalue weighted by molar-refractivity contribution is 0.187. The molecule has 0 aliphatic carbocycles. The van der Waals surface area contributed by atoms with Crippen LogP contribution in [-0.2, 0) is 11.3 Å². The third-order valence-corrected chi connectivity index (χ3v) is 3.34. The Balaban J connectivity index is 2.15. The first kappa shape index (κ1) is 13.6. The van der Waals surface area contributed by atoms with Gasteiger partial charge in [-0.2, -0.15) is 0 Å². The van der Waals surface area contributed by atoms with E-state index >= 15 is 0 Å². The lowest BCUT2D eigenvalue weighted by atomic mass is 10.1. The topological polar surface area (TPSA) is 38.5 Å². The predicted octanol–water partition coefficient (Wildman–Crippen LogP) is 1.93. The van der Waals surface area contributed by atoms with Gasteiger partial charge in [-0.3, -0.25) is 4.90 Å². The fourth-order valence-corrected chi connectivity index (χ4v) is 2.50. The molecule has 1 rings (SSSR count).